The van der Waals surface area contributed by atoms with Crippen molar-refractivity contribution in [2.75, 3.05) is 5.75 Å². The molecule has 0 aromatic carbocycles. The number of fused-ring (bicyclic) bond motifs is 1. The number of carbonyl (C=O) groups is 1. The summed E-state index contributed by atoms with van der Waals surface area (Å²) in [6.07, 6.45) is 1.86. The normalized spacial score (nSPS) is 12.6. The minimum Gasteiger partial charge on any atom is -0.353 e. The van der Waals surface area contributed by atoms with Crippen LogP contribution in [-0.4, -0.2) is 27.7 Å². The van der Waals surface area contributed by atoms with Crippen molar-refractivity contribution >= 4 is 50.6 Å². The molecule has 5 nitrogen and oxygen atoms in total. The zero-order chi connectivity index (χ0) is 19.4. The number of amides is 1. The number of nitrogens with one attached hydrogen (secondary N) is 2. The molecule has 3 aromatic rings. The SMILES string of the molecule is CCC(CC)NC(=O)CS[C@H](C)c1nc2scc(-c3cccs3)c2c(=O)[nH]1. The van der Waals surface area contributed by atoms with Crippen LogP contribution in [0, 0.1) is 0 Å². The highest BCUT2D eigenvalue weighted by molar-refractivity contribution is 8.00. The lowest BCUT2D eigenvalue weighted by atomic mass is 10.2. The van der Waals surface area contributed by atoms with Gasteiger partial charge in [0.2, 0.25) is 5.91 Å². The van der Waals surface area contributed by atoms with E-state index in [-0.39, 0.29) is 22.8 Å². The highest BCUT2D eigenvalue weighted by Gasteiger charge is 2.18. The fourth-order valence-corrected chi connectivity index (χ4v) is 5.34. The standard InChI is InChI=1S/C19H23N3O2S3/c1-4-12(5-2)20-15(23)10-26-11(3)17-21-18(24)16-13(9-27-19(16)22-17)14-7-6-8-25-14/h6-9,11-12H,4-5,10H2,1-3H3,(H,20,23)(H,21,22,24)/t11-/m1/s1. The lowest BCUT2D eigenvalue weighted by molar-refractivity contribution is -0.119. The molecule has 1 amide bonds. The molecule has 0 saturated carbocycles. The molecule has 3 aromatic heterocycles. The Morgan fingerprint density at radius 3 is 2.78 bits per heavy atom. The molecule has 1 atom stereocenters. The van der Waals surface area contributed by atoms with Gasteiger partial charge in [-0.05, 0) is 31.2 Å². The lowest BCUT2D eigenvalue weighted by Crippen LogP contribution is -2.35. The molecule has 2 N–H and O–H groups in total. The van der Waals surface area contributed by atoms with Gasteiger partial charge in [0.05, 0.1) is 16.4 Å². The molecule has 0 aliphatic rings. The summed E-state index contributed by atoms with van der Waals surface area (Å²) in [7, 11) is 0. The van der Waals surface area contributed by atoms with Gasteiger partial charge >= 0.3 is 0 Å². The Hall–Kier alpha value is -1.64. The lowest BCUT2D eigenvalue weighted by Gasteiger charge is -2.15. The Morgan fingerprint density at radius 2 is 2.11 bits per heavy atom. The third-order valence-electron chi connectivity index (χ3n) is 4.45. The fourth-order valence-electron chi connectivity index (χ4n) is 2.81. The van der Waals surface area contributed by atoms with Crippen molar-refractivity contribution in [1.29, 1.82) is 0 Å². The maximum Gasteiger partial charge on any atom is 0.260 e. The van der Waals surface area contributed by atoms with E-state index in [0.717, 1.165) is 28.1 Å². The van der Waals surface area contributed by atoms with Crippen LogP contribution >= 0.6 is 34.4 Å². The van der Waals surface area contributed by atoms with Gasteiger partial charge in [-0.1, -0.05) is 19.9 Å². The summed E-state index contributed by atoms with van der Waals surface area (Å²) >= 11 is 4.58. The quantitative estimate of drug-likeness (QED) is 0.547. The maximum absolute atomic E-state index is 12.7. The van der Waals surface area contributed by atoms with Crippen LogP contribution in [0.5, 0.6) is 0 Å². The Labute approximate surface area is 170 Å². The zero-order valence-electron chi connectivity index (χ0n) is 15.6. The summed E-state index contributed by atoms with van der Waals surface area (Å²) in [5, 5.41) is 7.60. The molecule has 0 bridgehead atoms. The average Bonchev–Trinajstić information content (AvgIpc) is 3.33. The molecule has 0 saturated heterocycles. The summed E-state index contributed by atoms with van der Waals surface area (Å²) in [6, 6.07) is 4.21. The van der Waals surface area contributed by atoms with Crippen LogP contribution in [0.2, 0.25) is 0 Å². The van der Waals surface area contributed by atoms with Crippen molar-refractivity contribution in [2.24, 2.45) is 0 Å². The number of aromatic amines is 1. The molecule has 3 heterocycles. The van der Waals surface area contributed by atoms with E-state index < -0.39 is 0 Å². The van der Waals surface area contributed by atoms with Crippen LogP contribution in [0.25, 0.3) is 20.7 Å². The number of H-pyrrole nitrogens is 1. The van der Waals surface area contributed by atoms with Crippen molar-refractivity contribution in [2.45, 2.75) is 44.9 Å². The van der Waals surface area contributed by atoms with Gasteiger partial charge < -0.3 is 10.3 Å². The molecule has 8 heteroatoms. The highest BCUT2D eigenvalue weighted by Crippen LogP contribution is 2.34. The van der Waals surface area contributed by atoms with Gasteiger partial charge in [-0.2, -0.15) is 0 Å². The summed E-state index contributed by atoms with van der Waals surface area (Å²) in [6.45, 7) is 6.10. The van der Waals surface area contributed by atoms with Crippen molar-refractivity contribution in [3.8, 4) is 10.4 Å². The molecule has 0 spiro atoms. The van der Waals surface area contributed by atoms with Crippen LogP contribution < -0.4 is 10.9 Å². The highest BCUT2D eigenvalue weighted by atomic mass is 32.2. The Bertz CT molecular complexity index is 958. The second-order valence-electron chi connectivity index (χ2n) is 6.29. The van der Waals surface area contributed by atoms with E-state index in [1.807, 2.05) is 29.8 Å². The number of hydrogen-bond donors (Lipinski definition) is 2. The van der Waals surface area contributed by atoms with Crippen LogP contribution in [-0.2, 0) is 4.79 Å². The topological polar surface area (TPSA) is 74.8 Å². The van der Waals surface area contributed by atoms with Gasteiger partial charge in [-0.3, -0.25) is 9.59 Å². The summed E-state index contributed by atoms with van der Waals surface area (Å²) in [4.78, 5) is 34.2. The summed E-state index contributed by atoms with van der Waals surface area (Å²) in [5.41, 5.74) is 0.823. The largest absolute Gasteiger partial charge is 0.353 e. The van der Waals surface area contributed by atoms with E-state index in [1.54, 1.807) is 11.3 Å². The second-order valence-corrected chi connectivity index (χ2v) is 9.43. The first-order valence-electron chi connectivity index (χ1n) is 8.99. The molecule has 144 valence electrons. The van der Waals surface area contributed by atoms with Gasteiger partial charge in [0, 0.05) is 21.9 Å². The monoisotopic (exact) mass is 421 g/mol. The molecule has 0 unspecified atom stereocenters. The predicted octanol–water partition coefficient (Wildman–Crippen LogP) is 4.81. The molecule has 27 heavy (non-hydrogen) atoms. The van der Waals surface area contributed by atoms with Gasteiger partial charge in [-0.25, -0.2) is 4.98 Å². The number of aromatic nitrogens is 2. The van der Waals surface area contributed by atoms with Crippen LogP contribution in [0.15, 0.2) is 27.7 Å². The second kappa shape index (κ2) is 9.03. The van der Waals surface area contributed by atoms with Gasteiger partial charge in [0.15, 0.2) is 0 Å². The Kier molecular flexibility index (Phi) is 6.73. The predicted molar refractivity (Wildman–Crippen MR) is 117 cm³/mol. The first-order chi connectivity index (χ1) is 13.0. The number of thioether (sulfide) groups is 1. The van der Waals surface area contributed by atoms with Crippen molar-refractivity contribution in [3.63, 3.8) is 0 Å². The minimum atomic E-state index is -0.117. The molecule has 0 radical (unpaired) electrons. The van der Waals surface area contributed by atoms with E-state index in [0.29, 0.717) is 17.0 Å². The number of thiophene rings is 2. The van der Waals surface area contributed by atoms with Gasteiger partial charge in [-0.15, -0.1) is 34.4 Å². The van der Waals surface area contributed by atoms with E-state index in [9.17, 15) is 9.59 Å². The minimum absolute atomic E-state index is 0.0279. The molecule has 0 aliphatic heterocycles. The van der Waals surface area contributed by atoms with E-state index in [4.69, 9.17) is 0 Å². The van der Waals surface area contributed by atoms with Crippen LogP contribution in [0.1, 0.15) is 44.7 Å². The van der Waals surface area contributed by atoms with E-state index in [1.165, 1.54) is 23.1 Å². The maximum atomic E-state index is 12.7. The molecule has 0 fully saturated rings. The van der Waals surface area contributed by atoms with Crippen molar-refractivity contribution in [1.82, 2.24) is 15.3 Å². The molecule has 3 rings (SSSR count). The first kappa shape index (κ1) is 20.1. The van der Waals surface area contributed by atoms with Crippen LogP contribution in [0.3, 0.4) is 0 Å². The first-order valence-corrected chi connectivity index (χ1v) is 11.8. The Morgan fingerprint density at radius 1 is 1.33 bits per heavy atom. The third kappa shape index (κ3) is 4.62. The van der Waals surface area contributed by atoms with Crippen molar-refractivity contribution < 1.29 is 4.79 Å². The fraction of sp³-hybridized carbons (Fsp3) is 0.421. The zero-order valence-corrected chi connectivity index (χ0v) is 18.0. The third-order valence-corrected chi connectivity index (χ3v) is 7.38. The van der Waals surface area contributed by atoms with Gasteiger partial charge in [0.1, 0.15) is 10.7 Å². The number of carbonyl (C=O) groups excluding carboxylic acids is 1. The van der Waals surface area contributed by atoms with E-state index >= 15 is 0 Å². The summed E-state index contributed by atoms with van der Waals surface area (Å²) in [5.74, 6) is 0.997. The Balaban J connectivity index is 1.73. The molecular formula is C19H23N3O2S3. The average molecular weight is 422 g/mol. The number of rotatable bonds is 8. The number of nitrogens with zero attached hydrogens (tertiary/aromatic N) is 1. The van der Waals surface area contributed by atoms with Crippen molar-refractivity contribution in [3.05, 3.63) is 39.1 Å². The molecule has 0 aliphatic carbocycles. The number of hydrogen-bond acceptors (Lipinski definition) is 6. The van der Waals surface area contributed by atoms with Crippen LogP contribution in [0.4, 0.5) is 0 Å². The molecular weight excluding hydrogens is 398 g/mol. The van der Waals surface area contributed by atoms with Gasteiger partial charge in [0.25, 0.3) is 5.56 Å². The summed E-state index contributed by atoms with van der Waals surface area (Å²) < 4.78 is 0. The van der Waals surface area contributed by atoms with E-state index in [2.05, 4.69) is 29.1 Å². The smallest absolute Gasteiger partial charge is 0.260 e.